The van der Waals surface area contributed by atoms with Gasteiger partial charge in [-0.25, -0.2) is 4.98 Å². The molecule has 0 aliphatic carbocycles. The van der Waals surface area contributed by atoms with Gasteiger partial charge in [0.1, 0.15) is 5.65 Å². The van der Waals surface area contributed by atoms with Gasteiger partial charge >= 0.3 is 0 Å². The van der Waals surface area contributed by atoms with Crippen molar-refractivity contribution in [3.8, 4) is 0 Å². The number of hydrogen-bond donors (Lipinski definition) is 0. The third kappa shape index (κ3) is 1.80. The van der Waals surface area contributed by atoms with Gasteiger partial charge in [0.2, 0.25) is 0 Å². The van der Waals surface area contributed by atoms with E-state index >= 15 is 0 Å². The summed E-state index contributed by atoms with van der Waals surface area (Å²) in [4.78, 5) is 9.05. The van der Waals surface area contributed by atoms with Gasteiger partial charge in [0, 0.05) is 30.2 Å². The van der Waals surface area contributed by atoms with Crippen LogP contribution in [0.3, 0.4) is 0 Å². The summed E-state index contributed by atoms with van der Waals surface area (Å²) < 4.78 is 2.07. The van der Waals surface area contributed by atoms with Gasteiger partial charge in [-0.15, -0.1) is 0 Å². The lowest BCUT2D eigenvalue weighted by Crippen LogP contribution is -2.26. The maximum Gasteiger partial charge on any atom is 0.146 e. The number of hydrogen-bond acceptors (Lipinski definition) is 2. The Balaban J connectivity index is 2.38. The highest BCUT2D eigenvalue weighted by Gasteiger charge is 2.29. The van der Waals surface area contributed by atoms with E-state index in [4.69, 9.17) is 0 Å². The zero-order chi connectivity index (χ0) is 14.3. The fourth-order valence-electron chi connectivity index (χ4n) is 2.93. The van der Waals surface area contributed by atoms with Gasteiger partial charge in [-0.1, -0.05) is 34.1 Å². The Labute approximate surface area is 119 Å². The van der Waals surface area contributed by atoms with Crippen molar-refractivity contribution in [2.24, 2.45) is 5.92 Å². The van der Waals surface area contributed by atoms with Crippen LogP contribution in [-0.2, 0) is 5.41 Å². The molecule has 104 valence electrons. The minimum atomic E-state index is 0.101. The van der Waals surface area contributed by atoms with Gasteiger partial charge in [0.05, 0.1) is 5.52 Å². The highest BCUT2D eigenvalue weighted by Crippen LogP contribution is 2.38. The smallest absolute Gasteiger partial charge is 0.146 e. The number of rotatable bonds is 3. The van der Waals surface area contributed by atoms with E-state index in [9.17, 15) is 0 Å². The molecular weight excluding hydrogens is 246 g/mol. The van der Waals surface area contributed by atoms with Crippen LogP contribution in [0.2, 0.25) is 0 Å². The summed E-state index contributed by atoms with van der Waals surface area (Å²) in [6, 6.07) is 4.23. The molecule has 0 saturated heterocycles. The SMILES string of the molecule is CCC(C)C(C)(C)c1ccnc2ccn3ccnc3c12. The van der Waals surface area contributed by atoms with Crippen LogP contribution < -0.4 is 0 Å². The van der Waals surface area contributed by atoms with Gasteiger partial charge < -0.3 is 4.40 Å². The van der Waals surface area contributed by atoms with Crippen LogP contribution in [0.15, 0.2) is 36.9 Å². The first-order valence-corrected chi connectivity index (χ1v) is 7.26. The van der Waals surface area contributed by atoms with Crippen molar-refractivity contribution in [3.63, 3.8) is 0 Å². The van der Waals surface area contributed by atoms with Crippen LogP contribution in [0.4, 0.5) is 0 Å². The highest BCUT2D eigenvalue weighted by molar-refractivity contribution is 5.94. The van der Waals surface area contributed by atoms with E-state index in [1.54, 1.807) is 0 Å². The molecule has 0 N–H and O–H groups in total. The third-order valence-electron chi connectivity index (χ3n) is 4.80. The monoisotopic (exact) mass is 267 g/mol. The lowest BCUT2D eigenvalue weighted by molar-refractivity contribution is 0.337. The molecular formula is C17H21N3. The van der Waals surface area contributed by atoms with Gasteiger partial charge in [-0.3, -0.25) is 4.98 Å². The van der Waals surface area contributed by atoms with E-state index < -0.39 is 0 Å². The maximum atomic E-state index is 4.53. The van der Waals surface area contributed by atoms with Crippen LogP contribution in [0.5, 0.6) is 0 Å². The molecule has 0 radical (unpaired) electrons. The molecule has 0 aromatic carbocycles. The van der Waals surface area contributed by atoms with Gasteiger partial charge in [-0.2, -0.15) is 0 Å². The zero-order valence-electron chi connectivity index (χ0n) is 12.6. The summed E-state index contributed by atoms with van der Waals surface area (Å²) in [5.74, 6) is 0.600. The van der Waals surface area contributed by atoms with Crippen molar-refractivity contribution in [3.05, 3.63) is 42.5 Å². The molecule has 0 spiro atoms. The summed E-state index contributed by atoms with van der Waals surface area (Å²) >= 11 is 0. The second kappa shape index (κ2) is 4.58. The van der Waals surface area contributed by atoms with Crippen molar-refractivity contribution in [2.45, 2.75) is 39.5 Å². The molecule has 0 amide bonds. The predicted molar refractivity (Wildman–Crippen MR) is 83.0 cm³/mol. The van der Waals surface area contributed by atoms with Crippen molar-refractivity contribution >= 4 is 16.6 Å². The molecule has 0 fully saturated rings. The molecule has 1 unspecified atom stereocenters. The first-order chi connectivity index (χ1) is 9.55. The predicted octanol–water partition coefficient (Wildman–Crippen LogP) is 4.21. The van der Waals surface area contributed by atoms with E-state index in [0.29, 0.717) is 5.92 Å². The van der Waals surface area contributed by atoms with Gasteiger partial charge in [-0.05, 0) is 29.0 Å². The number of imidazole rings is 1. The maximum absolute atomic E-state index is 4.53. The average Bonchev–Trinajstić information content (AvgIpc) is 2.94. The standard InChI is InChI=1S/C17H21N3/c1-5-12(2)17(3,4)13-6-8-18-14-7-10-20-11-9-19-16(20)15(13)14/h6-12H,5H2,1-4H3. The van der Waals surface area contributed by atoms with Gasteiger partial charge in [0.25, 0.3) is 0 Å². The van der Waals surface area contributed by atoms with E-state index in [1.165, 1.54) is 10.9 Å². The number of aromatic nitrogens is 3. The van der Waals surface area contributed by atoms with Crippen LogP contribution >= 0.6 is 0 Å². The Hall–Kier alpha value is -1.90. The lowest BCUT2D eigenvalue weighted by atomic mass is 9.72. The van der Waals surface area contributed by atoms with Crippen LogP contribution in [0, 0.1) is 5.92 Å². The van der Waals surface area contributed by atoms with E-state index in [2.05, 4.69) is 54.2 Å². The van der Waals surface area contributed by atoms with Crippen LogP contribution in [-0.4, -0.2) is 14.4 Å². The van der Waals surface area contributed by atoms with Crippen molar-refractivity contribution in [1.29, 1.82) is 0 Å². The number of fused-ring (bicyclic) bond motifs is 3. The topological polar surface area (TPSA) is 30.2 Å². The minimum absolute atomic E-state index is 0.101. The van der Waals surface area contributed by atoms with Crippen molar-refractivity contribution in [2.75, 3.05) is 0 Å². The Morgan fingerprint density at radius 2 is 1.95 bits per heavy atom. The summed E-state index contributed by atoms with van der Waals surface area (Å²) in [5, 5.41) is 1.19. The Bertz CT molecular complexity index is 755. The first kappa shape index (κ1) is 13.1. The molecule has 0 aliphatic rings. The van der Waals surface area contributed by atoms with E-state index in [1.807, 2.05) is 24.8 Å². The molecule has 3 nitrogen and oxygen atoms in total. The second-order valence-electron chi connectivity index (χ2n) is 6.12. The van der Waals surface area contributed by atoms with Crippen LogP contribution in [0.25, 0.3) is 16.6 Å². The molecule has 3 heterocycles. The summed E-state index contributed by atoms with van der Waals surface area (Å²) in [6.45, 7) is 9.21. The van der Waals surface area contributed by atoms with Crippen LogP contribution in [0.1, 0.15) is 39.7 Å². The number of nitrogens with zero attached hydrogens (tertiary/aromatic N) is 3. The van der Waals surface area contributed by atoms with E-state index in [0.717, 1.165) is 17.6 Å². The third-order valence-corrected chi connectivity index (χ3v) is 4.80. The largest absolute Gasteiger partial charge is 0.306 e. The fourth-order valence-corrected chi connectivity index (χ4v) is 2.93. The van der Waals surface area contributed by atoms with Crippen molar-refractivity contribution in [1.82, 2.24) is 14.4 Å². The highest BCUT2D eigenvalue weighted by atomic mass is 15.0. The van der Waals surface area contributed by atoms with Crippen molar-refractivity contribution < 1.29 is 0 Å². The minimum Gasteiger partial charge on any atom is -0.306 e. The molecule has 3 aromatic rings. The van der Waals surface area contributed by atoms with Gasteiger partial charge in [0.15, 0.2) is 0 Å². The molecule has 0 aliphatic heterocycles. The molecule has 1 atom stereocenters. The summed E-state index contributed by atoms with van der Waals surface area (Å²) in [7, 11) is 0. The Kier molecular flexibility index (Phi) is 3.00. The second-order valence-corrected chi connectivity index (χ2v) is 6.12. The normalized spacial score (nSPS) is 14.0. The summed E-state index contributed by atoms with van der Waals surface area (Å²) in [6.07, 6.45) is 8.94. The Morgan fingerprint density at radius 1 is 1.15 bits per heavy atom. The molecule has 0 saturated carbocycles. The quantitative estimate of drug-likeness (QED) is 0.711. The molecule has 3 rings (SSSR count). The first-order valence-electron chi connectivity index (χ1n) is 7.26. The van der Waals surface area contributed by atoms with E-state index in [-0.39, 0.29) is 5.41 Å². The molecule has 0 bridgehead atoms. The molecule has 3 heteroatoms. The summed E-state index contributed by atoms with van der Waals surface area (Å²) in [5.41, 5.74) is 3.47. The average molecular weight is 267 g/mol. The zero-order valence-corrected chi connectivity index (χ0v) is 12.6. The molecule has 3 aromatic heterocycles. The lowest BCUT2D eigenvalue weighted by Gasteiger charge is -2.32. The fraction of sp³-hybridized carbons (Fsp3) is 0.412. The molecule has 20 heavy (non-hydrogen) atoms. The number of pyridine rings is 2. The Morgan fingerprint density at radius 3 is 2.70 bits per heavy atom.